The molecule has 2 aromatic rings. The van der Waals surface area contributed by atoms with Crippen molar-refractivity contribution in [1.82, 2.24) is 14.6 Å². The third kappa shape index (κ3) is 1.33. The lowest BCUT2D eigenvalue weighted by molar-refractivity contribution is 0.870. The molecule has 0 aliphatic heterocycles. The number of aromatic nitrogens is 3. The van der Waals surface area contributed by atoms with Crippen molar-refractivity contribution in [3.05, 3.63) is 34.4 Å². The van der Waals surface area contributed by atoms with Crippen molar-refractivity contribution in [3.63, 3.8) is 0 Å². The van der Waals surface area contributed by atoms with Gasteiger partial charge in [0.15, 0.2) is 0 Å². The molecule has 13 heavy (non-hydrogen) atoms. The van der Waals surface area contributed by atoms with Crippen LogP contribution < -0.4 is 11.3 Å². The summed E-state index contributed by atoms with van der Waals surface area (Å²) in [6.07, 6.45) is 3.92. The van der Waals surface area contributed by atoms with Gasteiger partial charge in [0.25, 0.3) is 5.56 Å². The van der Waals surface area contributed by atoms with Gasteiger partial charge < -0.3 is 10.7 Å². The maximum Gasteiger partial charge on any atom is 0.254 e. The number of hydrogen-bond acceptors (Lipinski definition) is 3. The number of hydrogen-bond donors (Lipinski definition) is 2. The molecule has 2 aromatic heterocycles. The minimum atomic E-state index is -0.0848. The van der Waals surface area contributed by atoms with Gasteiger partial charge in [-0.05, 0) is 13.0 Å². The van der Waals surface area contributed by atoms with E-state index >= 15 is 0 Å². The van der Waals surface area contributed by atoms with Crippen LogP contribution in [0, 0.1) is 0 Å². The molecular weight excluding hydrogens is 168 g/mol. The van der Waals surface area contributed by atoms with Gasteiger partial charge in [-0.25, -0.2) is 4.52 Å². The number of nitrogens with one attached hydrogen (secondary N) is 1. The van der Waals surface area contributed by atoms with Crippen LogP contribution in [0.3, 0.4) is 0 Å². The Hall–Kier alpha value is -1.62. The van der Waals surface area contributed by atoms with Crippen LogP contribution in [0.15, 0.2) is 23.3 Å². The Morgan fingerprint density at radius 3 is 3.23 bits per heavy atom. The number of fused-ring (bicyclic) bond motifs is 1. The van der Waals surface area contributed by atoms with E-state index < -0.39 is 0 Å². The Kier molecular flexibility index (Phi) is 1.86. The fraction of sp³-hybridized carbons (Fsp3) is 0.250. The lowest BCUT2D eigenvalue weighted by Gasteiger charge is -1.98. The second-order valence-corrected chi connectivity index (χ2v) is 2.81. The van der Waals surface area contributed by atoms with Crippen LogP contribution in [0.4, 0.5) is 0 Å². The van der Waals surface area contributed by atoms with E-state index in [2.05, 4.69) is 10.1 Å². The van der Waals surface area contributed by atoms with E-state index in [4.69, 9.17) is 5.73 Å². The third-order valence-electron chi connectivity index (χ3n) is 1.90. The van der Waals surface area contributed by atoms with E-state index in [1.807, 2.05) is 0 Å². The number of H-pyrrole nitrogens is 1. The van der Waals surface area contributed by atoms with Crippen molar-refractivity contribution >= 4 is 5.65 Å². The maximum absolute atomic E-state index is 11.4. The molecule has 2 rings (SSSR count). The molecule has 5 nitrogen and oxygen atoms in total. The quantitative estimate of drug-likeness (QED) is 0.652. The van der Waals surface area contributed by atoms with E-state index in [1.165, 1.54) is 0 Å². The zero-order valence-corrected chi connectivity index (χ0v) is 7.03. The number of aromatic amines is 1. The molecule has 0 saturated heterocycles. The monoisotopic (exact) mass is 178 g/mol. The van der Waals surface area contributed by atoms with Crippen LogP contribution >= 0.6 is 0 Å². The molecule has 0 bridgehead atoms. The maximum atomic E-state index is 11.4. The molecule has 0 aromatic carbocycles. The predicted octanol–water partition coefficient (Wildman–Crippen LogP) is -0.476. The second kappa shape index (κ2) is 3.02. The first kappa shape index (κ1) is 8.00. The van der Waals surface area contributed by atoms with Crippen LogP contribution in [0.25, 0.3) is 5.65 Å². The zero-order chi connectivity index (χ0) is 9.26. The van der Waals surface area contributed by atoms with Gasteiger partial charge in [0.2, 0.25) is 0 Å². The fourth-order valence-electron chi connectivity index (χ4n) is 1.25. The third-order valence-corrected chi connectivity index (χ3v) is 1.90. The van der Waals surface area contributed by atoms with Crippen LogP contribution in [0.2, 0.25) is 0 Å². The molecule has 68 valence electrons. The van der Waals surface area contributed by atoms with Crippen molar-refractivity contribution in [3.8, 4) is 0 Å². The van der Waals surface area contributed by atoms with Gasteiger partial charge in [-0.15, -0.1) is 0 Å². The van der Waals surface area contributed by atoms with Gasteiger partial charge in [-0.3, -0.25) is 4.79 Å². The SMILES string of the molecule is NCCc1cn2nccc2[nH]c1=O. The lowest BCUT2D eigenvalue weighted by Crippen LogP contribution is -2.18. The summed E-state index contributed by atoms with van der Waals surface area (Å²) in [5.74, 6) is 0. The molecule has 3 N–H and O–H groups in total. The number of nitrogens with zero attached hydrogens (tertiary/aromatic N) is 2. The molecule has 0 atom stereocenters. The Morgan fingerprint density at radius 2 is 2.46 bits per heavy atom. The Bertz CT molecular complexity index is 470. The summed E-state index contributed by atoms with van der Waals surface area (Å²) >= 11 is 0. The standard InChI is InChI=1S/C8H10N4O/c9-3-1-6-5-12-7(2-4-10-12)11-8(6)13/h2,4-5H,1,3,9H2,(H,11,13). The first-order valence-corrected chi connectivity index (χ1v) is 4.07. The van der Waals surface area contributed by atoms with Crippen molar-refractivity contribution in [2.24, 2.45) is 5.73 Å². The van der Waals surface area contributed by atoms with Gasteiger partial charge in [-0.2, -0.15) is 5.10 Å². The average Bonchev–Trinajstić information content (AvgIpc) is 2.52. The smallest absolute Gasteiger partial charge is 0.254 e. The molecular formula is C8H10N4O. The van der Waals surface area contributed by atoms with Crippen LogP contribution in [-0.4, -0.2) is 21.1 Å². The van der Waals surface area contributed by atoms with Crippen molar-refractivity contribution in [2.45, 2.75) is 6.42 Å². The minimum absolute atomic E-state index is 0.0848. The van der Waals surface area contributed by atoms with Crippen molar-refractivity contribution < 1.29 is 0 Å². The molecule has 2 heterocycles. The van der Waals surface area contributed by atoms with Crippen molar-refractivity contribution in [1.29, 1.82) is 0 Å². The highest BCUT2D eigenvalue weighted by atomic mass is 16.1. The summed E-state index contributed by atoms with van der Waals surface area (Å²) in [7, 11) is 0. The summed E-state index contributed by atoms with van der Waals surface area (Å²) in [6.45, 7) is 0.468. The molecule has 0 radical (unpaired) electrons. The Labute approximate surface area is 74.2 Å². The highest BCUT2D eigenvalue weighted by molar-refractivity contribution is 5.35. The lowest BCUT2D eigenvalue weighted by atomic mass is 10.2. The van der Waals surface area contributed by atoms with Crippen LogP contribution in [-0.2, 0) is 6.42 Å². The van der Waals surface area contributed by atoms with Crippen molar-refractivity contribution in [2.75, 3.05) is 6.54 Å². The van der Waals surface area contributed by atoms with Gasteiger partial charge in [0.05, 0.1) is 6.20 Å². The first-order chi connectivity index (χ1) is 6.31. The summed E-state index contributed by atoms with van der Waals surface area (Å²) < 4.78 is 1.63. The molecule has 0 fully saturated rings. The van der Waals surface area contributed by atoms with Gasteiger partial charge in [-0.1, -0.05) is 0 Å². The van der Waals surface area contributed by atoms with Gasteiger partial charge in [0.1, 0.15) is 5.65 Å². The highest BCUT2D eigenvalue weighted by Gasteiger charge is 2.01. The zero-order valence-electron chi connectivity index (χ0n) is 7.03. The molecule has 5 heteroatoms. The highest BCUT2D eigenvalue weighted by Crippen LogP contribution is 1.96. The van der Waals surface area contributed by atoms with E-state index in [-0.39, 0.29) is 5.56 Å². The van der Waals surface area contributed by atoms with Gasteiger partial charge >= 0.3 is 0 Å². The second-order valence-electron chi connectivity index (χ2n) is 2.81. The van der Waals surface area contributed by atoms with E-state index in [1.54, 1.807) is 23.0 Å². The normalized spacial score (nSPS) is 10.8. The van der Waals surface area contributed by atoms with Crippen LogP contribution in [0.1, 0.15) is 5.56 Å². The molecule has 0 unspecified atom stereocenters. The summed E-state index contributed by atoms with van der Waals surface area (Å²) in [5, 5.41) is 4.01. The number of rotatable bonds is 2. The van der Waals surface area contributed by atoms with E-state index in [9.17, 15) is 4.79 Å². The summed E-state index contributed by atoms with van der Waals surface area (Å²) in [6, 6.07) is 1.74. The first-order valence-electron chi connectivity index (χ1n) is 4.07. The largest absolute Gasteiger partial charge is 0.330 e. The molecule has 0 saturated carbocycles. The fourth-order valence-corrected chi connectivity index (χ4v) is 1.25. The van der Waals surface area contributed by atoms with E-state index in [0.717, 1.165) is 0 Å². The summed E-state index contributed by atoms with van der Waals surface area (Å²) in [4.78, 5) is 14.1. The Morgan fingerprint density at radius 1 is 1.62 bits per heavy atom. The predicted molar refractivity (Wildman–Crippen MR) is 48.6 cm³/mol. The topological polar surface area (TPSA) is 76.2 Å². The Balaban J connectivity index is 2.62. The molecule has 0 aliphatic carbocycles. The van der Waals surface area contributed by atoms with E-state index in [0.29, 0.717) is 24.2 Å². The average molecular weight is 178 g/mol. The summed E-state index contributed by atoms with van der Waals surface area (Å²) in [5.41, 5.74) is 6.65. The molecule has 0 amide bonds. The van der Waals surface area contributed by atoms with Crippen LogP contribution in [0.5, 0.6) is 0 Å². The molecule has 0 aliphatic rings. The number of nitrogens with two attached hydrogens (primary N) is 1. The van der Waals surface area contributed by atoms with Gasteiger partial charge in [0, 0.05) is 17.8 Å². The molecule has 0 spiro atoms. The minimum Gasteiger partial charge on any atom is -0.330 e.